The van der Waals surface area contributed by atoms with Crippen molar-refractivity contribution in [2.45, 2.75) is 6.54 Å². The zero-order valence-corrected chi connectivity index (χ0v) is 15.4. The van der Waals surface area contributed by atoms with E-state index >= 15 is 0 Å². The van der Waals surface area contributed by atoms with Gasteiger partial charge in [-0.3, -0.25) is 9.36 Å². The van der Waals surface area contributed by atoms with E-state index < -0.39 is 5.97 Å². The highest BCUT2D eigenvalue weighted by Gasteiger charge is 2.11. The quantitative estimate of drug-likeness (QED) is 0.506. The van der Waals surface area contributed by atoms with Crippen LogP contribution in [-0.4, -0.2) is 22.6 Å². The lowest BCUT2D eigenvalue weighted by atomic mass is 10.1. The first-order valence-electron chi connectivity index (χ1n) is 8.37. The number of ether oxygens (including phenoxy) is 1. The van der Waals surface area contributed by atoms with Crippen LogP contribution in [0.1, 0.15) is 15.9 Å². The van der Waals surface area contributed by atoms with E-state index in [1.165, 1.54) is 18.4 Å². The van der Waals surface area contributed by atoms with E-state index in [0.29, 0.717) is 17.5 Å². The van der Waals surface area contributed by atoms with Crippen LogP contribution in [0.3, 0.4) is 0 Å². The Hall–Kier alpha value is -3.25. The number of thiophene rings is 1. The minimum absolute atomic E-state index is 0.0955. The third-order valence-corrected chi connectivity index (χ3v) is 5.37. The molecular weight excluding hydrogens is 360 g/mol. The molecule has 0 unspecified atom stereocenters. The van der Waals surface area contributed by atoms with Crippen molar-refractivity contribution >= 4 is 27.5 Å². The molecule has 0 aliphatic rings. The fourth-order valence-corrected chi connectivity index (χ4v) is 3.92. The van der Waals surface area contributed by atoms with E-state index in [-0.39, 0.29) is 5.56 Å². The molecule has 4 aromatic rings. The third kappa shape index (κ3) is 3.39. The summed E-state index contributed by atoms with van der Waals surface area (Å²) in [6.45, 7) is 0.336. The molecule has 6 heteroatoms. The van der Waals surface area contributed by atoms with Crippen molar-refractivity contribution in [2.24, 2.45) is 0 Å². The number of carbonyl (C=O) groups is 1. The van der Waals surface area contributed by atoms with Crippen molar-refractivity contribution in [3.8, 4) is 10.4 Å². The van der Waals surface area contributed by atoms with Crippen LogP contribution in [0.25, 0.3) is 20.7 Å². The first-order valence-corrected chi connectivity index (χ1v) is 9.19. The lowest BCUT2D eigenvalue weighted by Gasteiger charge is -2.07. The Bertz CT molecular complexity index is 1180. The second-order valence-corrected chi connectivity index (χ2v) is 7.10. The smallest absolute Gasteiger partial charge is 0.337 e. The fraction of sp³-hybridized carbons (Fsp3) is 0.0952. The zero-order valence-electron chi connectivity index (χ0n) is 14.6. The molecule has 5 nitrogen and oxygen atoms in total. The van der Waals surface area contributed by atoms with Gasteiger partial charge in [-0.2, -0.15) is 0 Å². The van der Waals surface area contributed by atoms with Crippen LogP contribution in [0, 0.1) is 0 Å². The Morgan fingerprint density at radius 3 is 2.70 bits per heavy atom. The van der Waals surface area contributed by atoms with Crippen molar-refractivity contribution in [1.82, 2.24) is 9.55 Å². The summed E-state index contributed by atoms with van der Waals surface area (Å²) in [7, 11) is 1.35. The minimum atomic E-state index is -0.400. The van der Waals surface area contributed by atoms with E-state index in [0.717, 1.165) is 20.8 Å². The molecule has 2 aromatic heterocycles. The van der Waals surface area contributed by atoms with Crippen molar-refractivity contribution in [3.05, 3.63) is 88.5 Å². The molecule has 4 rings (SSSR count). The summed E-state index contributed by atoms with van der Waals surface area (Å²) in [5, 5.41) is 0.602. The van der Waals surface area contributed by atoms with Gasteiger partial charge in [0.05, 0.1) is 30.9 Å². The van der Waals surface area contributed by atoms with Gasteiger partial charge in [0.25, 0.3) is 5.56 Å². The Labute approximate surface area is 159 Å². The minimum Gasteiger partial charge on any atom is -0.465 e. The van der Waals surface area contributed by atoms with E-state index in [4.69, 9.17) is 4.74 Å². The summed E-state index contributed by atoms with van der Waals surface area (Å²) < 4.78 is 6.30. The van der Waals surface area contributed by atoms with Crippen molar-refractivity contribution < 1.29 is 9.53 Å². The number of esters is 1. The molecular formula is C21H16N2O3S. The number of hydrogen-bond donors (Lipinski definition) is 0. The normalized spacial score (nSPS) is 10.9. The first-order chi connectivity index (χ1) is 13.2. The van der Waals surface area contributed by atoms with E-state index in [1.807, 2.05) is 42.5 Å². The molecule has 0 amide bonds. The second kappa shape index (κ2) is 7.17. The average Bonchev–Trinajstić information content (AvgIpc) is 3.16. The van der Waals surface area contributed by atoms with Gasteiger partial charge >= 0.3 is 5.97 Å². The molecule has 0 aliphatic heterocycles. The largest absolute Gasteiger partial charge is 0.465 e. The highest BCUT2D eigenvalue weighted by atomic mass is 32.1. The van der Waals surface area contributed by atoms with Crippen LogP contribution < -0.4 is 5.56 Å². The van der Waals surface area contributed by atoms with E-state index in [9.17, 15) is 9.59 Å². The molecule has 0 bridgehead atoms. The number of nitrogens with zero attached hydrogens (tertiary/aromatic N) is 2. The molecule has 0 atom stereocenters. The van der Waals surface area contributed by atoms with Crippen LogP contribution in [0.4, 0.5) is 0 Å². The van der Waals surface area contributed by atoms with Crippen LogP contribution in [0.2, 0.25) is 0 Å². The molecule has 2 aromatic carbocycles. The third-order valence-electron chi connectivity index (χ3n) is 4.28. The van der Waals surface area contributed by atoms with Crippen LogP contribution >= 0.6 is 11.3 Å². The molecule has 0 N–H and O–H groups in total. The van der Waals surface area contributed by atoms with E-state index in [2.05, 4.69) is 4.98 Å². The van der Waals surface area contributed by atoms with Crippen molar-refractivity contribution in [2.75, 3.05) is 7.11 Å². The number of methoxy groups -OCH3 is 1. The van der Waals surface area contributed by atoms with Crippen molar-refractivity contribution in [1.29, 1.82) is 0 Å². The summed E-state index contributed by atoms with van der Waals surface area (Å²) in [5.74, 6) is -0.400. The lowest BCUT2D eigenvalue weighted by molar-refractivity contribution is 0.0600. The Balaban J connectivity index is 1.70. The molecule has 0 fully saturated rings. The number of benzene rings is 2. The summed E-state index contributed by atoms with van der Waals surface area (Å²) in [5.41, 5.74) is 2.26. The molecule has 27 heavy (non-hydrogen) atoms. The number of carbonyl (C=O) groups excluding carboxylic acids is 1. The zero-order chi connectivity index (χ0) is 18.8. The van der Waals surface area contributed by atoms with Gasteiger partial charge in [0.1, 0.15) is 4.83 Å². The van der Waals surface area contributed by atoms with Gasteiger partial charge < -0.3 is 4.74 Å². The number of fused-ring (bicyclic) bond motifs is 1. The molecule has 0 saturated heterocycles. The Kier molecular flexibility index (Phi) is 4.56. The van der Waals surface area contributed by atoms with Gasteiger partial charge in [0.15, 0.2) is 0 Å². The summed E-state index contributed by atoms with van der Waals surface area (Å²) in [4.78, 5) is 30.8. The first kappa shape index (κ1) is 17.2. The maximum Gasteiger partial charge on any atom is 0.337 e. The molecule has 0 saturated carbocycles. The SMILES string of the molecule is COC(=O)c1cccc(Cn2cnc3sc(-c4ccccc4)cc3c2=O)c1. The fourth-order valence-electron chi connectivity index (χ4n) is 2.93. The van der Waals surface area contributed by atoms with Gasteiger partial charge in [0, 0.05) is 4.88 Å². The summed E-state index contributed by atoms with van der Waals surface area (Å²) in [6.07, 6.45) is 1.56. The highest BCUT2D eigenvalue weighted by molar-refractivity contribution is 7.21. The Morgan fingerprint density at radius 1 is 1.11 bits per heavy atom. The van der Waals surface area contributed by atoms with E-state index in [1.54, 1.807) is 29.1 Å². The average molecular weight is 376 g/mol. The maximum atomic E-state index is 12.9. The van der Waals surface area contributed by atoms with Gasteiger partial charge in [-0.1, -0.05) is 42.5 Å². The predicted octanol–water partition coefficient (Wildman–Crippen LogP) is 3.96. The van der Waals surface area contributed by atoms with Crippen LogP contribution in [0.5, 0.6) is 0 Å². The monoisotopic (exact) mass is 376 g/mol. The van der Waals surface area contributed by atoms with Crippen LogP contribution in [0.15, 0.2) is 71.8 Å². The number of aromatic nitrogens is 2. The van der Waals surface area contributed by atoms with Gasteiger partial charge in [0.2, 0.25) is 0 Å². The van der Waals surface area contributed by atoms with Crippen LogP contribution in [-0.2, 0) is 11.3 Å². The Morgan fingerprint density at radius 2 is 1.93 bits per heavy atom. The summed E-state index contributed by atoms with van der Waals surface area (Å²) >= 11 is 1.50. The molecule has 0 aliphatic carbocycles. The lowest BCUT2D eigenvalue weighted by Crippen LogP contribution is -2.20. The second-order valence-electron chi connectivity index (χ2n) is 6.07. The predicted molar refractivity (Wildman–Crippen MR) is 106 cm³/mol. The standard InChI is InChI=1S/C21H16N2O3S/c1-26-21(25)16-9-5-6-14(10-16)12-23-13-22-19-17(20(23)24)11-18(27-19)15-7-3-2-4-8-15/h2-11,13H,12H2,1H3. The topological polar surface area (TPSA) is 61.2 Å². The van der Waals surface area contributed by atoms with Gasteiger partial charge in [-0.05, 0) is 29.3 Å². The van der Waals surface area contributed by atoms with Crippen molar-refractivity contribution in [3.63, 3.8) is 0 Å². The molecule has 0 radical (unpaired) electrons. The molecule has 0 spiro atoms. The number of rotatable bonds is 4. The number of hydrogen-bond acceptors (Lipinski definition) is 5. The molecule has 2 heterocycles. The highest BCUT2D eigenvalue weighted by Crippen LogP contribution is 2.30. The summed E-state index contributed by atoms with van der Waals surface area (Å²) in [6, 6.07) is 18.9. The van der Waals surface area contributed by atoms with Gasteiger partial charge in [-0.25, -0.2) is 9.78 Å². The molecule has 134 valence electrons. The maximum absolute atomic E-state index is 12.9. The van der Waals surface area contributed by atoms with Gasteiger partial charge in [-0.15, -0.1) is 11.3 Å².